The van der Waals surface area contributed by atoms with E-state index in [1.807, 2.05) is 41.3 Å². The molecule has 1 aliphatic rings. The average molecular weight is 324 g/mol. The SMILES string of the molecule is CCN1CCN(C(=O)c2cc(-c3ccccc3)ccc2OC)CC1. The van der Waals surface area contributed by atoms with Crippen LogP contribution in [0, 0.1) is 0 Å². The van der Waals surface area contributed by atoms with Gasteiger partial charge in [0.05, 0.1) is 12.7 Å². The molecule has 0 atom stereocenters. The first-order valence-corrected chi connectivity index (χ1v) is 8.48. The van der Waals surface area contributed by atoms with Gasteiger partial charge in [-0.25, -0.2) is 0 Å². The summed E-state index contributed by atoms with van der Waals surface area (Å²) in [7, 11) is 1.61. The molecule has 1 amide bonds. The lowest BCUT2D eigenvalue weighted by Crippen LogP contribution is -2.48. The molecule has 0 saturated carbocycles. The standard InChI is InChI=1S/C20H24N2O2/c1-3-21-11-13-22(14-12-21)20(23)18-15-17(9-10-19(18)24-2)16-7-5-4-6-8-16/h4-10,15H,3,11-14H2,1-2H3. The van der Waals surface area contributed by atoms with Crippen LogP contribution in [0.5, 0.6) is 5.75 Å². The van der Waals surface area contributed by atoms with E-state index in [-0.39, 0.29) is 5.91 Å². The predicted octanol–water partition coefficient (Wildman–Crippen LogP) is 3.14. The molecule has 0 spiro atoms. The number of likely N-dealkylation sites (N-methyl/N-ethyl adjacent to an activating group) is 1. The highest BCUT2D eigenvalue weighted by Crippen LogP contribution is 2.28. The molecule has 4 heteroatoms. The zero-order chi connectivity index (χ0) is 16.9. The highest BCUT2D eigenvalue weighted by atomic mass is 16.5. The first-order valence-electron chi connectivity index (χ1n) is 8.48. The quantitative estimate of drug-likeness (QED) is 0.866. The number of carbonyl (C=O) groups is 1. The molecule has 1 heterocycles. The molecule has 0 bridgehead atoms. The van der Waals surface area contributed by atoms with Gasteiger partial charge in [0.1, 0.15) is 5.75 Å². The van der Waals surface area contributed by atoms with Gasteiger partial charge in [-0.05, 0) is 29.8 Å². The van der Waals surface area contributed by atoms with Crippen LogP contribution in [0.4, 0.5) is 0 Å². The Kier molecular flexibility index (Phi) is 5.16. The molecular weight excluding hydrogens is 300 g/mol. The summed E-state index contributed by atoms with van der Waals surface area (Å²) in [4.78, 5) is 17.3. The lowest BCUT2D eigenvalue weighted by atomic mass is 10.0. The van der Waals surface area contributed by atoms with Gasteiger partial charge in [-0.2, -0.15) is 0 Å². The number of piperazine rings is 1. The number of carbonyl (C=O) groups excluding carboxylic acids is 1. The van der Waals surface area contributed by atoms with E-state index in [0.717, 1.165) is 43.9 Å². The van der Waals surface area contributed by atoms with Gasteiger partial charge < -0.3 is 14.5 Å². The Morgan fingerprint density at radius 2 is 1.71 bits per heavy atom. The molecule has 4 nitrogen and oxygen atoms in total. The van der Waals surface area contributed by atoms with Gasteiger partial charge in [0.15, 0.2) is 0 Å². The van der Waals surface area contributed by atoms with Crippen molar-refractivity contribution in [1.29, 1.82) is 0 Å². The molecular formula is C20H24N2O2. The molecule has 0 aromatic heterocycles. The molecule has 0 aliphatic carbocycles. The molecule has 3 rings (SSSR count). The number of amides is 1. The summed E-state index contributed by atoms with van der Waals surface area (Å²) in [5.41, 5.74) is 2.78. The topological polar surface area (TPSA) is 32.8 Å². The van der Waals surface area contributed by atoms with E-state index in [0.29, 0.717) is 11.3 Å². The third-order valence-corrected chi connectivity index (χ3v) is 4.64. The van der Waals surface area contributed by atoms with E-state index in [1.165, 1.54) is 0 Å². The van der Waals surface area contributed by atoms with Gasteiger partial charge in [0.25, 0.3) is 5.91 Å². The van der Waals surface area contributed by atoms with Gasteiger partial charge in [0, 0.05) is 26.2 Å². The van der Waals surface area contributed by atoms with Crippen LogP contribution < -0.4 is 4.74 Å². The van der Waals surface area contributed by atoms with Crippen LogP contribution in [0.2, 0.25) is 0 Å². The first kappa shape index (κ1) is 16.5. The molecule has 1 aliphatic heterocycles. The highest BCUT2D eigenvalue weighted by molar-refractivity contribution is 5.98. The Bertz CT molecular complexity index is 692. The van der Waals surface area contributed by atoms with Crippen LogP contribution in [0.25, 0.3) is 11.1 Å². The minimum absolute atomic E-state index is 0.0559. The fraction of sp³-hybridized carbons (Fsp3) is 0.350. The number of ether oxygens (including phenoxy) is 1. The minimum Gasteiger partial charge on any atom is -0.496 e. The molecule has 126 valence electrons. The normalized spacial score (nSPS) is 15.3. The Morgan fingerprint density at radius 1 is 1.00 bits per heavy atom. The van der Waals surface area contributed by atoms with E-state index < -0.39 is 0 Å². The van der Waals surface area contributed by atoms with Crippen molar-refractivity contribution in [3.8, 4) is 16.9 Å². The van der Waals surface area contributed by atoms with Crippen molar-refractivity contribution in [2.75, 3.05) is 39.8 Å². The molecule has 1 saturated heterocycles. The minimum atomic E-state index is 0.0559. The lowest BCUT2D eigenvalue weighted by Gasteiger charge is -2.34. The van der Waals surface area contributed by atoms with Crippen molar-refractivity contribution in [2.45, 2.75) is 6.92 Å². The van der Waals surface area contributed by atoms with E-state index in [2.05, 4.69) is 24.0 Å². The summed E-state index contributed by atoms with van der Waals surface area (Å²) in [5, 5.41) is 0. The molecule has 0 unspecified atom stereocenters. The van der Waals surface area contributed by atoms with Crippen LogP contribution >= 0.6 is 0 Å². The summed E-state index contributed by atoms with van der Waals surface area (Å²) in [6.45, 7) is 6.60. The Hall–Kier alpha value is -2.33. The third-order valence-electron chi connectivity index (χ3n) is 4.64. The van der Waals surface area contributed by atoms with E-state index in [4.69, 9.17) is 4.74 Å². The fourth-order valence-corrected chi connectivity index (χ4v) is 3.12. The first-order chi connectivity index (χ1) is 11.7. The van der Waals surface area contributed by atoms with E-state index in [1.54, 1.807) is 7.11 Å². The van der Waals surface area contributed by atoms with Gasteiger partial charge in [0.2, 0.25) is 0 Å². The number of benzene rings is 2. The molecule has 0 radical (unpaired) electrons. The number of hydrogen-bond acceptors (Lipinski definition) is 3. The molecule has 2 aromatic rings. The maximum absolute atomic E-state index is 13.0. The Balaban J connectivity index is 1.87. The summed E-state index contributed by atoms with van der Waals surface area (Å²) >= 11 is 0. The second-order valence-electron chi connectivity index (χ2n) is 6.01. The van der Waals surface area contributed by atoms with Crippen LogP contribution in [0.3, 0.4) is 0 Å². The van der Waals surface area contributed by atoms with Crippen LogP contribution in [0.1, 0.15) is 17.3 Å². The maximum atomic E-state index is 13.0. The number of rotatable bonds is 4. The van der Waals surface area contributed by atoms with Crippen LogP contribution in [0.15, 0.2) is 48.5 Å². The van der Waals surface area contributed by atoms with Crippen molar-refractivity contribution in [1.82, 2.24) is 9.80 Å². The van der Waals surface area contributed by atoms with Crippen LogP contribution in [-0.4, -0.2) is 55.5 Å². The van der Waals surface area contributed by atoms with Gasteiger partial charge in [-0.15, -0.1) is 0 Å². The van der Waals surface area contributed by atoms with Gasteiger partial charge in [-0.3, -0.25) is 4.79 Å². The molecule has 0 N–H and O–H groups in total. The van der Waals surface area contributed by atoms with Gasteiger partial charge in [-0.1, -0.05) is 43.3 Å². The van der Waals surface area contributed by atoms with E-state index in [9.17, 15) is 4.79 Å². The van der Waals surface area contributed by atoms with Crippen LogP contribution in [-0.2, 0) is 0 Å². The predicted molar refractivity (Wildman–Crippen MR) is 96.4 cm³/mol. The Morgan fingerprint density at radius 3 is 2.33 bits per heavy atom. The molecule has 2 aromatic carbocycles. The number of methoxy groups -OCH3 is 1. The van der Waals surface area contributed by atoms with Crippen molar-refractivity contribution in [3.63, 3.8) is 0 Å². The van der Waals surface area contributed by atoms with E-state index >= 15 is 0 Å². The third kappa shape index (κ3) is 3.44. The number of nitrogens with zero attached hydrogens (tertiary/aromatic N) is 2. The fourth-order valence-electron chi connectivity index (χ4n) is 3.12. The van der Waals surface area contributed by atoms with Gasteiger partial charge >= 0.3 is 0 Å². The Labute approximate surface area is 143 Å². The smallest absolute Gasteiger partial charge is 0.257 e. The van der Waals surface area contributed by atoms with Crippen molar-refractivity contribution in [2.24, 2.45) is 0 Å². The monoisotopic (exact) mass is 324 g/mol. The second-order valence-corrected chi connectivity index (χ2v) is 6.01. The van der Waals surface area contributed by atoms with Crippen molar-refractivity contribution >= 4 is 5.91 Å². The van der Waals surface area contributed by atoms with Crippen molar-refractivity contribution < 1.29 is 9.53 Å². The second kappa shape index (κ2) is 7.49. The average Bonchev–Trinajstić information content (AvgIpc) is 2.67. The maximum Gasteiger partial charge on any atom is 0.257 e. The number of hydrogen-bond donors (Lipinski definition) is 0. The largest absolute Gasteiger partial charge is 0.496 e. The molecule has 1 fully saturated rings. The highest BCUT2D eigenvalue weighted by Gasteiger charge is 2.24. The summed E-state index contributed by atoms with van der Waals surface area (Å²) in [6, 6.07) is 15.9. The summed E-state index contributed by atoms with van der Waals surface area (Å²) in [6.07, 6.45) is 0. The zero-order valence-corrected chi connectivity index (χ0v) is 14.4. The summed E-state index contributed by atoms with van der Waals surface area (Å²) < 4.78 is 5.43. The zero-order valence-electron chi connectivity index (χ0n) is 14.4. The lowest BCUT2D eigenvalue weighted by molar-refractivity contribution is 0.0640. The molecule has 24 heavy (non-hydrogen) atoms. The van der Waals surface area contributed by atoms with Crippen molar-refractivity contribution in [3.05, 3.63) is 54.1 Å². The summed E-state index contributed by atoms with van der Waals surface area (Å²) in [5.74, 6) is 0.693.